The number of halogens is 1. The average molecular weight is 283 g/mol. The number of fused-ring (bicyclic) bond motifs is 3. The summed E-state index contributed by atoms with van der Waals surface area (Å²) in [5.41, 5.74) is 0. The van der Waals surface area contributed by atoms with Crippen LogP contribution in [0.1, 0.15) is 0 Å². The van der Waals surface area contributed by atoms with E-state index in [1.54, 1.807) is 12.1 Å². The molecule has 0 radical (unpaired) electrons. The largest absolute Gasteiger partial charge is 0.262 e. The van der Waals surface area contributed by atoms with Crippen molar-refractivity contribution < 1.29 is 8.42 Å². The summed E-state index contributed by atoms with van der Waals surface area (Å²) in [5.74, 6) is 0. The minimum absolute atomic E-state index is 0.192. The number of rotatable bonds is 1. The van der Waals surface area contributed by atoms with Crippen molar-refractivity contribution in [1.82, 2.24) is 0 Å². The van der Waals surface area contributed by atoms with E-state index in [0.29, 0.717) is 0 Å². The van der Waals surface area contributed by atoms with Gasteiger partial charge < -0.3 is 0 Å². The summed E-state index contributed by atoms with van der Waals surface area (Å²) >= 11 is 1.45. The van der Waals surface area contributed by atoms with Crippen molar-refractivity contribution in [2.45, 2.75) is 4.90 Å². The van der Waals surface area contributed by atoms with Gasteiger partial charge in [0.25, 0.3) is 9.05 Å². The van der Waals surface area contributed by atoms with E-state index < -0.39 is 9.05 Å². The highest BCUT2D eigenvalue weighted by Gasteiger charge is 2.16. The Labute approximate surface area is 107 Å². The van der Waals surface area contributed by atoms with Gasteiger partial charge in [0, 0.05) is 26.2 Å². The van der Waals surface area contributed by atoms with E-state index in [1.807, 2.05) is 30.3 Å². The molecule has 5 heteroatoms. The van der Waals surface area contributed by atoms with Crippen LogP contribution in [0.2, 0.25) is 0 Å². The Bertz CT molecular complexity index is 819. The fraction of sp³-hybridized carbons (Fsp3) is 0. The SMILES string of the molecule is O=S(=O)(Cl)c1cccc2c1sc1ccccc12. The van der Waals surface area contributed by atoms with Gasteiger partial charge in [0.05, 0.1) is 4.70 Å². The van der Waals surface area contributed by atoms with Crippen molar-refractivity contribution in [1.29, 1.82) is 0 Å². The first-order valence-electron chi connectivity index (χ1n) is 4.92. The molecule has 1 heterocycles. The van der Waals surface area contributed by atoms with E-state index in [4.69, 9.17) is 10.7 Å². The molecule has 0 amide bonds. The smallest absolute Gasteiger partial charge is 0.207 e. The molecule has 0 spiro atoms. The van der Waals surface area contributed by atoms with Gasteiger partial charge in [0.1, 0.15) is 4.90 Å². The Morgan fingerprint density at radius 3 is 2.41 bits per heavy atom. The van der Waals surface area contributed by atoms with Crippen molar-refractivity contribution in [3.05, 3.63) is 42.5 Å². The van der Waals surface area contributed by atoms with E-state index in [0.717, 1.165) is 20.2 Å². The van der Waals surface area contributed by atoms with Crippen LogP contribution in [0, 0.1) is 0 Å². The van der Waals surface area contributed by atoms with Crippen LogP contribution in [-0.2, 0) is 9.05 Å². The second kappa shape index (κ2) is 3.70. The van der Waals surface area contributed by atoms with Crippen molar-refractivity contribution >= 4 is 51.2 Å². The second-order valence-corrected chi connectivity index (χ2v) is 7.26. The van der Waals surface area contributed by atoms with Crippen molar-refractivity contribution in [2.75, 3.05) is 0 Å². The standard InChI is InChI=1S/C12H7ClO2S2/c13-17(14,15)11-7-3-5-9-8-4-1-2-6-10(8)16-12(9)11/h1-7H. The van der Waals surface area contributed by atoms with Crippen LogP contribution in [-0.4, -0.2) is 8.42 Å². The van der Waals surface area contributed by atoms with Crippen molar-refractivity contribution in [2.24, 2.45) is 0 Å². The van der Waals surface area contributed by atoms with Gasteiger partial charge in [-0.25, -0.2) is 8.42 Å². The zero-order valence-corrected chi connectivity index (χ0v) is 10.9. The fourth-order valence-electron chi connectivity index (χ4n) is 1.91. The molecule has 0 atom stereocenters. The summed E-state index contributed by atoms with van der Waals surface area (Å²) in [7, 11) is 1.75. The van der Waals surface area contributed by atoms with Gasteiger partial charge in [0.2, 0.25) is 0 Å². The quantitative estimate of drug-likeness (QED) is 0.633. The normalized spacial score (nSPS) is 12.3. The molecule has 17 heavy (non-hydrogen) atoms. The fourth-order valence-corrected chi connectivity index (χ4v) is 4.57. The molecule has 3 rings (SSSR count). The predicted octanol–water partition coefficient (Wildman–Crippen LogP) is 3.98. The minimum atomic E-state index is -3.69. The lowest BCUT2D eigenvalue weighted by molar-refractivity contribution is 0.610. The summed E-state index contributed by atoms with van der Waals surface area (Å²) in [5, 5.41) is 2.00. The van der Waals surface area contributed by atoms with Crippen LogP contribution in [0.5, 0.6) is 0 Å². The maximum Gasteiger partial charge on any atom is 0.262 e. The summed E-state index contributed by atoms with van der Waals surface area (Å²) in [4.78, 5) is 0.192. The van der Waals surface area contributed by atoms with Gasteiger partial charge in [0.15, 0.2) is 0 Å². The lowest BCUT2D eigenvalue weighted by atomic mass is 10.1. The third-order valence-corrected chi connectivity index (χ3v) is 5.34. The van der Waals surface area contributed by atoms with Crippen LogP contribution in [0.25, 0.3) is 20.2 Å². The van der Waals surface area contributed by atoms with E-state index in [-0.39, 0.29) is 4.90 Å². The molecule has 0 N–H and O–H groups in total. The highest BCUT2D eigenvalue weighted by Crippen LogP contribution is 2.38. The van der Waals surface area contributed by atoms with Gasteiger partial charge in [-0.15, -0.1) is 11.3 Å². The van der Waals surface area contributed by atoms with Crippen LogP contribution in [0.15, 0.2) is 47.4 Å². The van der Waals surface area contributed by atoms with Gasteiger partial charge in [-0.2, -0.15) is 0 Å². The second-order valence-electron chi connectivity index (χ2n) is 3.67. The zero-order valence-electron chi connectivity index (χ0n) is 8.55. The number of hydrogen-bond donors (Lipinski definition) is 0. The maximum absolute atomic E-state index is 11.5. The summed E-state index contributed by atoms with van der Waals surface area (Å²) in [6, 6.07) is 13.0. The molecular weight excluding hydrogens is 276 g/mol. The first-order chi connectivity index (χ1) is 8.07. The maximum atomic E-state index is 11.5. The molecule has 0 unspecified atom stereocenters. The van der Waals surface area contributed by atoms with Gasteiger partial charge in [-0.05, 0) is 12.1 Å². The molecule has 0 aliphatic rings. The Kier molecular flexibility index (Phi) is 2.40. The van der Waals surface area contributed by atoms with Gasteiger partial charge in [-0.3, -0.25) is 0 Å². The Balaban J connectivity index is 2.57. The molecule has 0 bridgehead atoms. The molecule has 0 fully saturated rings. The first kappa shape index (κ1) is 11.0. The molecular formula is C12H7ClO2S2. The summed E-state index contributed by atoms with van der Waals surface area (Å²) in [6.07, 6.45) is 0. The molecule has 1 aromatic heterocycles. The molecule has 0 aliphatic carbocycles. The Morgan fingerprint density at radius 1 is 0.941 bits per heavy atom. The number of hydrogen-bond acceptors (Lipinski definition) is 3. The third kappa shape index (κ3) is 1.73. The molecule has 0 saturated heterocycles. The van der Waals surface area contributed by atoms with E-state index >= 15 is 0 Å². The van der Waals surface area contributed by atoms with Crippen LogP contribution < -0.4 is 0 Å². The number of thiophene rings is 1. The Hall–Kier alpha value is -1.10. The van der Waals surface area contributed by atoms with Gasteiger partial charge in [-0.1, -0.05) is 30.3 Å². The molecule has 86 valence electrons. The monoisotopic (exact) mass is 282 g/mol. The lowest BCUT2D eigenvalue weighted by Crippen LogP contribution is -1.89. The third-order valence-electron chi connectivity index (χ3n) is 2.63. The highest BCUT2D eigenvalue weighted by atomic mass is 35.7. The minimum Gasteiger partial charge on any atom is -0.207 e. The first-order valence-corrected chi connectivity index (χ1v) is 8.05. The highest BCUT2D eigenvalue weighted by molar-refractivity contribution is 8.14. The topological polar surface area (TPSA) is 34.1 Å². The average Bonchev–Trinajstić information content (AvgIpc) is 2.65. The van der Waals surface area contributed by atoms with Crippen molar-refractivity contribution in [3.8, 4) is 0 Å². The predicted molar refractivity (Wildman–Crippen MR) is 72.4 cm³/mol. The molecule has 2 aromatic carbocycles. The lowest BCUT2D eigenvalue weighted by Gasteiger charge is -1.97. The molecule has 0 saturated carbocycles. The molecule has 3 aromatic rings. The summed E-state index contributed by atoms with van der Waals surface area (Å²) in [6.45, 7) is 0. The molecule has 0 aliphatic heterocycles. The van der Waals surface area contributed by atoms with E-state index in [1.165, 1.54) is 11.3 Å². The zero-order chi connectivity index (χ0) is 12.0. The van der Waals surface area contributed by atoms with Crippen LogP contribution >= 0.6 is 22.0 Å². The Morgan fingerprint density at radius 2 is 1.65 bits per heavy atom. The van der Waals surface area contributed by atoms with Crippen LogP contribution in [0.4, 0.5) is 0 Å². The number of benzene rings is 2. The van der Waals surface area contributed by atoms with Crippen LogP contribution in [0.3, 0.4) is 0 Å². The molecule has 2 nitrogen and oxygen atoms in total. The van der Waals surface area contributed by atoms with E-state index in [2.05, 4.69) is 0 Å². The summed E-state index contributed by atoms with van der Waals surface area (Å²) < 4.78 is 24.8. The van der Waals surface area contributed by atoms with Crippen molar-refractivity contribution in [3.63, 3.8) is 0 Å². The van der Waals surface area contributed by atoms with Gasteiger partial charge >= 0.3 is 0 Å². The van der Waals surface area contributed by atoms with E-state index in [9.17, 15) is 8.42 Å².